The van der Waals surface area contributed by atoms with Gasteiger partial charge in [0.15, 0.2) is 5.17 Å². The monoisotopic (exact) mass is 435 g/mol. The maximum absolute atomic E-state index is 13.0. The Kier molecular flexibility index (Phi) is 7.75. The number of benzene rings is 1. The van der Waals surface area contributed by atoms with Crippen LogP contribution in [0.25, 0.3) is 6.08 Å². The number of ether oxygens (including phenoxy) is 1. The van der Waals surface area contributed by atoms with E-state index in [-0.39, 0.29) is 29.7 Å². The molecule has 2 amide bonds. The van der Waals surface area contributed by atoms with Gasteiger partial charge in [0.2, 0.25) is 5.91 Å². The molecule has 1 aromatic carbocycles. The van der Waals surface area contributed by atoms with Gasteiger partial charge in [-0.25, -0.2) is 4.99 Å². The first-order valence-electron chi connectivity index (χ1n) is 9.88. The lowest BCUT2D eigenvalue weighted by Crippen LogP contribution is -2.38. The van der Waals surface area contributed by atoms with Crippen molar-refractivity contribution in [2.45, 2.75) is 45.3 Å². The summed E-state index contributed by atoms with van der Waals surface area (Å²) in [6.45, 7) is 5.16. The van der Waals surface area contributed by atoms with E-state index in [4.69, 9.17) is 16.3 Å². The van der Waals surface area contributed by atoms with E-state index in [2.05, 4.69) is 10.3 Å². The van der Waals surface area contributed by atoms with Gasteiger partial charge in [0.25, 0.3) is 5.91 Å². The molecular formula is C21H26ClN3O3S. The second-order valence-corrected chi connectivity index (χ2v) is 8.57. The topological polar surface area (TPSA) is 71.0 Å². The minimum atomic E-state index is -0.166. The van der Waals surface area contributed by atoms with Crippen molar-refractivity contribution in [1.82, 2.24) is 10.2 Å². The maximum atomic E-state index is 13.0. The van der Waals surface area contributed by atoms with Crippen LogP contribution in [0.3, 0.4) is 0 Å². The highest BCUT2D eigenvalue weighted by atomic mass is 35.5. The van der Waals surface area contributed by atoms with Gasteiger partial charge >= 0.3 is 0 Å². The maximum Gasteiger partial charge on any atom is 0.278 e. The SMILES string of the molecule is CCC(C)NC(=O)CSC1=N/C(=C/c2ccc(Cl)cc2)C(=O)N1CC1CCCO1. The summed E-state index contributed by atoms with van der Waals surface area (Å²) in [6, 6.07) is 7.35. The molecule has 1 fully saturated rings. The lowest BCUT2D eigenvalue weighted by atomic mass is 10.2. The molecule has 0 radical (unpaired) electrons. The van der Waals surface area contributed by atoms with Crippen LogP contribution < -0.4 is 5.32 Å². The van der Waals surface area contributed by atoms with Gasteiger partial charge in [-0.3, -0.25) is 14.5 Å². The lowest BCUT2D eigenvalue weighted by molar-refractivity contribution is -0.123. The molecule has 1 aromatic rings. The molecule has 8 heteroatoms. The summed E-state index contributed by atoms with van der Waals surface area (Å²) < 4.78 is 5.70. The molecule has 3 rings (SSSR count). The van der Waals surface area contributed by atoms with Crippen LogP contribution in [0.4, 0.5) is 0 Å². The smallest absolute Gasteiger partial charge is 0.278 e. The molecule has 0 aromatic heterocycles. The number of thioether (sulfide) groups is 1. The Morgan fingerprint density at radius 2 is 2.21 bits per heavy atom. The van der Waals surface area contributed by atoms with Crippen molar-refractivity contribution in [2.24, 2.45) is 4.99 Å². The van der Waals surface area contributed by atoms with Gasteiger partial charge in [0, 0.05) is 17.7 Å². The molecule has 2 heterocycles. The van der Waals surface area contributed by atoms with Crippen LogP contribution in [-0.4, -0.2) is 52.9 Å². The minimum absolute atomic E-state index is 0.00794. The van der Waals surface area contributed by atoms with Crippen molar-refractivity contribution >= 4 is 46.4 Å². The van der Waals surface area contributed by atoms with E-state index in [9.17, 15) is 9.59 Å². The Labute approximate surface area is 180 Å². The zero-order valence-corrected chi connectivity index (χ0v) is 18.3. The lowest BCUT2D eigenvalue weighted by Gasteiger charge is -2.21. The van der Waals surface area contributed by atoms with Crippen LogP contribution in [0.5, 0.6) is 0 Å². The average Bonchev–Trinajstić information content (AvgIpc) is 3.32. The Morgan fingerprint density at radius 1 is 1.45 bits per heavy atom. The Hall–Kier alpha value is -1.83. The summed E-state index contributed by atoms with van der Waals surface area (Å²) in [5.41, 5.74) is 1.20. The highest BCUT2D eigenvalue weighted by Crippen LogP contribution is 2.26. The number of hydrogen-bond acceptors (Lipinski definition) is 5. The number of nitrogens with one attached hydrogen (secondary N) is 1. The van der Waals surface area contributed by atoms with Crippen molar-refractivity contribution < 1.29 is 14.3 Å². The van der Waals surface area contributed by atoms with Crippen molar-refractivity contribution in [1.29, 1.82) is 0 Å². The van der Waals surface area contributed by atoms with Crippen molar-refractivity contribution in [3.05, 3.63) is 40.5 Å². The molecule has 156 valence electrons. The molecule has 1 N–H and O–H groups in total. The van der Waals surface area contributed by atoms with Gasteiger partial charge in [0.05, 0.1) is 18.4 Å². The molecule has 0 bridgehead atoms. The van der Waals surface area contributed by atoms with E-state index < -0.39 is 0 Å². The number of carbonyl (C=O) groups is 2. The largest absolute Gasteiger partial charge is 0.376 e. The average molecular weight is 436 g/mol. The molecule has 1 saturated heterocycles. The van der Waals surface area contributed by atoms with Crippen LogP contribution in [0, 0.1) is 0 Å². The standard InChI is InChI=1S/C21H26ClN3O3S/c1-3-14(2)23-19(26)13-29-21-24-18(11-15-6-8-16(22)9-7-15)20(27)25(21)12-17-5-4-10-28-17/h6-9,11,14,17H,3-5,10,12-13H2,1-2H3,(H,23,26)/b18-11+. The first kappa shape index (κ1) is 21.9. The van der Waals surface area contributed by atoms with Crippen molar-refractivity contribution in [3.63, 3.8) is 0 Å². The molecule has 2 aliphatic heterocycles. The number of aliphatic imine (C=N–C) groups is 1. The van der Waals surface area contributed by atoms with Gasteiger partial charge in [-0.15, -0.1) is 0 Å². The first-order chi connectivity index (χ1) is 14.0. The third kappa shape index (κ3) is 6.07. The molecule has 0 spiro atoms. The highest BCUT2D eigenvalue weighted by molar-refractivity contribution is 8.14. The van der Waals surface area contributed by atoms with Crippen molar-refractivity contribution in [3.8, 4) is 0 Å². The summed E-state index contributed by atoms with van der Waals surface area (Å²) in [7, 11) is 0. The third-order valence-electron chi connectivity index (χ3n) is 4.85. The van der Waals surface area contributed by atoms with Gasteiger partial charge in [-0.2, -0.15) is 0 Å². The van der Waals surface area contributed by atoms with Gasteiger partial charge in [0.1, 0.15) is 5.70 Å². The second-order valence-electron chi connectivity index (χ2n) is 7.19. The number of amides is 2. The minimum Gasteiger partial charge on any atom is -0.376 e. The molecular weight excluding hydrogens is 410 g/mol. The third-order valence-corrected chi connectivity index (χ3v) is 6.08. The summed E-state index contributed by atoms with van der Waals surface area (Å²) in [6.07, 6.45) is 4.54. The summed E-state index contributed by atoms with van der Waals surface area (Å²) in [4.78, 5) is 31.3. The fourth-order valence-corrected chi connectivity index (χ4v) is 4.00. The fraction of sp³-hybridized carbons (Fsp3) is 0.476. The number of amidine groups is 1. The van der Waals surface area contributed by atoms with Crippen LogP contribution >= 0.6 is 23.4 Å². The molecule has 0 aliphatic carbocycles. The predicted octanol–water partition coefficient (Wildman–Crippen LogP) is 3.71. The number of carbonyl (C=O) groups excluding carboxylic acids is 2. The van der Waals surface area contributed by atoms with Gasteiger partial charge in [-0.05, 0) is 50.0 Å². The van der Waals surface area contributed by atoms with Crippen LogP contribution in [-0.2, 0) is 14.3 Å². The molecule has 29 heavy (non-hydrogen) atoms. The molecule has 2 unspecified atom stereocenters. The number of hydrogen-bond donors (Lipinski definition) is 1. The fourth-order valence-electron chi connectivity index (χ4n) is 3.06. The van der Waals surface area contributed by atoms with Crippen LogP contribution in [0.2, 0.25) is 5.02 Å². The van der Waals surface area contributed by atoms with E-state index in [0.717, 1.165) is 31.4 Å². The van der Waals surface area contributed by atoms with Crippen LogP contribution in [0.15, 0.2) is 35.0 Å². The second kappa shape index (κ2) is 10.3. The Balaban J connectivity index is 1.74. The Bertz CT molecular complexity index is 804. The summed E-state index contributed by atoms with van der Waals surface area (Å²) in [5.74, 6) is -0.0147. The molecule has 0 saturated carbocycles. The molecule has 2 aliphatic rings. The zero-order valence-electron chi connectivity index (χ0n) is 16.7. The Morgan fingerprint density at radius 3 is 2.86 bits per heavy atom. The van der Waals surface area contributed by atoms with E-state index in [1.807, 2.05) is 26.0 Å². The summed E-state index contributed by atoms with van der Waals surface area (Å²) >= 11 is 7.22. The van der Waals surface area contributed by atoms with E-state index in [0.29, 0.717) is 22.4 Å². The number of rotatable bonds is 7. The molecule has 2 atom stereocenters. The number of halogens is 1. The number of nitrogens with zero attached hydrogens (tertiary/aromatic N) is 2. The van der Waals surface area contributed by atoms with Crippen molar-refractivity contribution in [2.75, 3.05) is 18.9 Å². The first-order valence-corrected chi connectivity index (χ1v) is 11.2. The van der Waals surface area contributed by atoms with E-state index >= 15 is 0 Å². The normalized spacial score (nSPS) is 21.6. The van der Waals surface area contributed by atoms with Crippen LogP contribution in [0.1, 0.15) is 38.7 Å². The predicted molar refractivity (Wildman–Crippen MR) is 118 cm³/mol. The van der Waals surface area contributed by atoms with Gasteiger partial charge in [-0.1, -0.05) is 42.4 Å². The van der Waals surface area contributed by atoms with E-state index in [1.165, 1.54) is 11.8 Å². The quantitative estimate of drug-likeness (QED) is 0.663. The van der Waals surface area contributed by atoms with E-state index in [1.54, 1.807) is 23.1 Å². The van der Waals surface area contributed by atoms with Gasteiger partial charge < -0.3 is 10.1 Å². The zero-order chi connectivity index (χ0) is 20.8. The molecule has 6 nitrogen and oxygen atoms in total. The highest BCUT2D eigenvalue weighted by Gasteiger charge is 2.33. The summed E-state index contributed by atoms with van der Waals surface area (Å²) in [5, 5.41) is 4.12.